The maximum Gasteiger partial charge on any atom is 0.135 e. The van der Waals surface area contributed by atoms with E-state index in [1.807, 2.05) is 0 Å². The minimum atomic E-state index is 1.01. The minimum Gasteiger partial charge on any atom is -0.355 e. The molecule has 4 nitrogen and oxygen atoms in total. The normalized spacial score (nSPS) is 13.8. The van der Waals surface area contributed by atoms with Gasteiger partial charge in [-0.3, -0.25) is 0 Å². The van der Waals surface area contributed by atoms with E-state index in [0.29, 0.717) is 0 Å². The summed E-state index contributed by atoms with van der Waals surface area (Å²) in [5, 5.41) is 3.37. The van der Waals surface area contributed by atoms with Crippen LogP contribution < -0.4 is 10.2 Å². The van der Waals surface area contributed by atoms with E-state index in [2.05, 4.69) is 34.0 Å². The molecule has 17 heavy (non-hydrogen) atoms. The van der Waals surface area contributed by atoms with Crippen LogP contribution in [0.4, 0.5) is 5.82 Å². The molecule has 1 aromatic heterocycles. The summed E-state index contributed by atoms with van der Waals surface area (Å²) in [4.78, 5) is 11.2. The highest BCUT2D eigenvalue weighted by Crippen LogP contribution is 2.27. The van der Waals surface area contributed by atoms with Crippen LogP contribution in [0.5, 0.6) is 0 Å². The molecular weight excluding hydrogens is 212 g/mol. The monoisotopic (exact) mass is 234 g/mol. The molecule has 0 aliphatic heterocycles. The Hall–Kier alpha value is -1.16. The maximum absolute atomic E-state index is 4.49. The number of aryl methyl sites for hydroxylation is 1. The van der Waals surface area contributed by atoms with Gasteiger partial charge in [-0.1, -0.05) is 6.92 Å². The second kappa shape index (κ2) is 5.96. The molecule has 0 spiro atoms. The number of nitrogens with one attached hydrogen (secondary N) is 1. The number of nitrogens with zero attached hydrogens (tertiary/aromatic N) is 3. The minimum absolute atomic E-state index is 1.01. The van der Waals surface area contributed by atoms with Crippen molar-refractivity contribution in [2.75, 3.05) is 31.1 Å². The van der Waals surface area contributed by atoms with Gasteiger partial charge in [0.2, 0.25) is 0 Å². The van der Waals surface area contributed by atoms with E-state index in [9.17, 15) is 0 Å². The van der Waals surface area contributed by atoms with Crippen LogP contribution in [0.1, 0.15) is 31.5 Å². The molecule has 0 amide bonds. The Balaban J connectivity index is 2.11. The standard InChI is InChI=1S/C13H22N4/c1-3-14-8-9-17(4-2)13-11-6-5-7-12(11)15-10-16-13/h10,14H,3-9H2,1-2H3. The zero-order valence-electron chi connectivity index (χ0n) is 10.9. The highest BCUT2D eigenvalue weighted by molar-refractivity contribution is 5.50. The van der Waals surface area contributed by atoms with Gasteiger partial charge in [0, 0.05) is 30.9 Å². The molecule has 0 saturated heterocycles. The molecule has 0 bridgehead atoms. The lowest BCUT2D eigenvalue weighted by Gasteiger charge is -2.24. The van der Waals surface area contributed by atoms with E-state index in [-0.39, 0.29) is 0 Å². The Morgan fingerprint density at radius 1 is 1.29 bits per heavy atom. The molecule has 0 unspecified atom stereocenters. The summed E-state index contributed by atoms with van der Waals surface area (Å²) in [7, 11) is 0. The van der Waals surface area contributed by atoms with Gasteiger partial charge in [0.25, 0.3) is 0 Å². The number of anilines is 1. The third-order valence-electron chi connectivity index (χ3n) is 3.34. The zero-order valence-corrected chi connectivity index (χ0v) is 10.9. The molecule has 1 aliphatic carbocycles. The largest absolute Gasteiger partial charge is 0.355 e. The van der Waals surface area contributed by atoms with Crippen molar-refractivity contribution in [2.45, 2.75) is 33.1 Å². The SMILES string of the molecule is CCNCCN(CC)c1ncnc2c1CCC2. The van der Waals surface area contributed by atoms with Gasteiger partial charge < -0.3 is 10.2 Å². The van der Waals surface area contributed by atoms with Gasteiger partial charge in [0.15, 0.2) is 0 Å². The van der Waals surface area contributed by atoms with Crippen molar-refractivity contribution in [3.05, 3.63) is 17.6 Å². The van der Waals surface area contributed by atoms with Gasteiger partial charge in [-0.25, -0.2) is 9.97 Å². The summed E-state index contributed by atoms with van der Waals surface area (Å²) in [6.45, 7) is 8.40. The first-order valence-electron chi connectivity index (χ1n) is 6.65. The van der Waals surface area contributed by atoms with Gasteiger partial charge in [-0.05, 0) is 32.7 Å². The summed E-state index contributed by atoms with van der Waals surface area (Å²) < 4.78 is 0. The van der Waals surface area contributed by atoms with Gasteiger partial charge in [-0.15, -0.1) is 0 Å². The van der Waals surface area contributed by atoms with Crippen LogP contribution in [0.2, 0.25) is 0 Å². The summed E-state index contributed by atoms with van der Waals surface area (Å²) in [5.41, 5.74) is 2.64. The average molecular weight is 234 g/mol. The molecule has 0 aromatic carbocycles. The first kappa shape index (κ1) is 12.3. The fraction of sp³-hybridized carbons (Fsp3) is 0.692. The quantitative estimate of drug-likeness (QED) is 0.755. The Morgan fingerprint density at radius 3 is 2.94 bits per heavy atom. The third-order valence-corrected chi connectivity index (χ3v) is 3.34. The Labute approximate surface area is 103 Å². The second-order valence-electron chi connectivity index (χ2n) is 4.41. The van der Waals surface area contributed by atoms with E-state index in [1.165, 1.54) is 17.7 Å². The molecule has 1 N–H and O–H groups in total. The molecule has 1 aromatic rings. The van der Waals surface area contributed by atoms with Gasteiger partial charge in [0.1, 0.15) is 12.1 Å². The molecule has 94 valence electrons. The van der Waals surface area contributed by atoms with Crippen LogP contribution in [0.3, 0.4) is 0 Å². The number of fused-ring (bicyclic) bond motifs is 1. The molecule has 0 fully saturated rings. The van der Waals surface area contributed by atoms with Gasteiger partial charge >= 0.3 is 0 Å². The van der Waals surface area contributed by atoms with Crippen molar-refractivity contribution in [2.24, 2.45) is 0 Å². The average Bonchev–Trinajstić information content (AvgIpc) is 2.83. The number of likely N-dealkylation sites (N-methyl/N-ethyl adjacent to an activating group) is 2. The van der Waals surface area contributed by atoms with E-state index < -0.39 is 0 Å². The molecule has 1 aliphatic rings. The topological polar surface area (TPSA) is 41.0 Å². The van der Waals surface area contributed by atoms with E-state index in [1.54, 1.807) is 6.33 Å². The van der Waals surface area contributed by atoms with Crippen molar-refractivity contribution in [3.8, 4) is 0 Å². The molecule has 4 heteroatoms. The Kier molecular flexibility index (Phi) is 4.31. The number of hydrogen-bond acceptors (Lipinski definition) is 4. The van der Waals surface area contributed by atoms with E-state index in [4.69, 9.17) is 0 Å². The number of aromatic nitrogens is 2. The predicted octanol–water partition coefficient (Wildman–Crippen LogP) is 1.40. The lowest BCUT2D eigenvalue weighted by molar-refractivity contribution is 0.681. The highest BCUT2D eigenvalue weighted by atomic mass is 15.2. The van der Waals surface area contributed by atoms with E-state index in [0.717, 1.165) is 44.8 Å². The maximum atomic E-state index is 4.49. The first-order valence-corrected chi connectivity index (χ1v) is 6.65. The third kappa shape index (κ3) is 2.75. The first-order chi connectivity index (χ1) is 8.36. The Bertz CT molecular complexity index is 364. The zero-order chi connectivity index (χ0) is 12.1. The highest BCUT2D eigenvalue weighted by Gasteiger charge is 2.19. The van der Waals surface area contributed by atoms with Crippen LogP contribution >= 0.6 is 0 Å². The van der Waals surface area contributed by atoms with Crippen LogP contribution in [0.25, 0.3) is 0 Å². The van der Waals surface area contributed by atoms with Crippen LogP contribution in [-0.2, 0) is 12.8 Å². The summed E-state index contributed by atoms with van der Waals surface area (Å²) in [6.07, 6.45) is 5.21. The lowest BCUT2D eigenvalue weighted by Crippen LogP contribution is -2.33. The smallest absolute Gasteiger partial charge is 0.135 e. The Morgan fingerprint density at radius 2 is 2.18 bits per heavy atom. The predicted molar refractivity (Wildman–Crippen MR) is 70.5 cm³/mol. The van der Waals surface area contributed by atoms with Crippen LogP contribution in [0.15, 0.2) is 6.33 Å². The molecule has 0 saturated carbocycles. The summed E-state index contributed by atoms with van der Waals surface area (Å²) in [5.74, 6) is 1.16. The molecule has 2 rings (SSSR count). The number of rotatable bonds is 6. The van der Waals surface area contributed by atoms with Gasteiger partial charge in [0.05, 0.1) is 0 Å². The van der Waals surface area contributed by atoms with E-state index >= 15 is 0 Å². The van der Waals surface area contributed by atoms with Crippen molar-refractivity contribution in [1.29, 1.82) is 0 Å². The van der Waals surface area contributed by atoms with Crippen molar-refractivity contribution in [1.82, 2.24) is 15.3 Å². The van der Waals surface area contributed by atoms with Crippen molar-refractivity contribution >= 4 is 5.82 Å². The van der Waals surface area contributed by atoms with Crippen LogP contribution in [-0.4, -0.2) is 36.1 Å². The summed E-state index contributed by atoms with van der Waals surface area (Å²) >= 11 is 0. The molecule has 0 atom stereocenters. The van der Waals surface area contributed by atoms with Crippen molar-refractivity contribution in [3.63, 3.8) is 0 Å². The second-order valence-corrected chi connectivity index (χ2v) is 4.41. The van der Waals surface area contributed by atoms with Crippen LogP contribution in [0, 0.1) is 0 Å². The van der Waals surface area contributed by atoms with Crippen molar-refractivity contribution < 1.29 is 0 Å². The lowest BCUT2D eigenvalue weighted by atomic mass is 10.2. The molecular formula is C13H22N4. The molecule has 1 heterocycles. The molecule has 0 radical (unpaired) electrons. The fourth-order valence-corrected chi connectivity index (χ4v) is 2.42. The fourth-order valence-electron chi connectivity index (χ4n) is 2.42. The summed E-state index contributed by atoms with van der Waals surface area (Å²) in [6, 6.07) is 0. The number of hydrogen-bond donors (Lipinski definition) is 1. The van der Waals surface area contributed by atoms with Gasteiger partial charge in [-0.2, -0.15) is 0 Å².